The van der Waals surface area contributed by atoms with Gasteiger partial charge in [-0.25, -0.2) is 17.4 Å². The number of imidazole rings is 1. The topological polar surface area (TPSA) is 131 Å². The molecule has 1 aromatic heterocycles. The number of fused-ring (bicyclic) bond motifs is 1. The molecule has 0 saturated carbocycles. The summed E-state index contributed by atoms with van der Waals surface area (Å²) in [7, 11) is -3.67. The van der Waals surface area contributed by atoms with E-state index < -0.39 is 21.2 Å². The Morgan fingerprint density at radius 3 is 2.67 bits per heavy atom. The van der Waals surface area contributed by atoms with Crippen LogP contribution in [0, 0.1) is 11.3 Å². The van der Waals surface area contributed by atoms with E-state index >= 15 is 0 Å². The van der Waals surface area contributed by atoms with E-state index in [0.717, 1.165) is 3.97 Å². The quantitative estimate of drug-likeness (QED) is 0.711. The molecule has 138 valence electrons. The SMILES string of the molecule is CC(C)S(=O)(=O)n1c(N)nc2cc(NC(=O)c3cccc(C#N)c3)ccc21. The average Bonchev–Trinajstić information content (AvgIpc) is 2.97. The molecule has 3 aromatic rings. The smallest absolute Gasteiger partial charge is 0.255 e. The van der Waals surface area contributed by atoms with Crippen molar-refractivity contribution in [2.45, 2.75) is 19.1 Å². The van der Waals surface area contributed by atoms with Gasteiger partial charge in [0.1, 0.15) is 0 Å². The van der Waals surface area contributed by atoms with E-state index in [1.165, 1.54) is 6.07 Å². The fraction of sp³-hybridized carbons (Fsp3) is 0.167. The number of benzene rings is 2. The molecule has 2 aromatic carbocycles. The summed E-state index contributed by atoms with van der Waals surface area (Å²) >= 11 is 0. The number of nitrogens with one attached hydrogen (secondary N) is 1. The van der Waals surface area contributed by atoms with E-state index in [1.54, 1.807) is 50.2 Å². The van der Waals surface area contributed by atoms with E-state index in [9.17, 15) is 13.2 Å². The van der Waals surface area contributed by atoms with Crippen molar-refractivity contribution in [3.63, 3.8) is 0 Å². The zero-order valence-corrected chi connectivity index (χ0v) is 15.5. The molecule has 0 saturated heterocycles. The molecule has 0 atom stereocenters. The van der Waals surface area contributed by atoms with Crippen molar-refractivity contribution in [1.82, 2.24) is 8.96 Å². The highest BCUT2D eigenvalue weighted by Gasteiger charge is 2.24. The van der Waals surface area contributed by atoms with Gasteiger partial charge in [0.15, 0.2) is 0 Å². The second kappa shape index (κ2) is 6.74. The molecule has 0 radical (unpaired) electrons. The van der Waals surface area contributed by atoms with Gasteiger partial charge in [0.25, 0.3) is 5.91 Å². The first-order valence-corrected chi connectivity index (χ1v) is 9.58. The van der Waals surface area contributed by atoms with Crippen molar-refractivity contribution in [3.05, 3.63) is 53.6 Å². The predicted octanol–water partition coefficient (Wildman–Crippen LogP) is 2.33. The minimum atomic E-state index is -3.67. The molecule has 1 heterocycles. The lowest BCUT2D eigenvalue weighted by Crippen LogP contribution is -2.23. The second-order valence-corrected chi connectivity index (χ2v) is 8.52. The molecule has 0 bridgehead atoms. The largest absolute Gasteiger partial charge is 0.368 e. The first-order chi connectivity index (χ1) is 12.7. The fourth-order valence-electron chi connectivity index (χ4n) is 2.57. The molecule has 9 heteroatoms. The number of nitrogens with zero attached hydrogens (tertiary/aromatic N) is 3. The van der Waals surface area contributed by atoms with Crippen LogP contribution in [0.1, 0.15) is 29.8 Å². The summed E-state index contributed by atoms with van der Waals surface area (Å²) in [6.07, 6.45) is 0. The van der Waals surface area contributed by atoms with Crippen molar-refractivity contribution in [2.24, 2.45) is 0 Å². The molecule has 8 nitrogen and oxygen atoms in total. The van der Waals surface area contributed by atoms with Gasteiger partial charge >= 0.3 is 0 Å². The van der Waals surface area contributed by atoms with Gasteiger partial charge in [-0.05, 0) is 50.2 Å². The number of anilines is 2. The highest BCUT2D eigenvalue weighted by molar-refractivity contribution is 7.90. The van der Waals surface area contributed by atoms with Gasteiger partial charge in [-0.1, -0.05) is 6.07 Å². The normalized spacial score (nSPS) is 11.5. The standard InChI is InChI=1S/C18H17N5O3S/c1-11(2)27(25,26)23-16-7-6-14(9-15(16)22-18(23)20)21-17(24)13-5-3-4-12(8-13)10-19/h3-9,11H,1-2H3,(H2,20,22)(H,21,24). The predicted molar refractivity (Wildman–Crippen MR) is 103 cm³/mol. The molecule has 0 unspecified atom stereocenters. The number of rotatable bonds is 4. The number of amides is 1. The molecule has 0 fully saturated rings. The monoisotopic (exact) mass is 383 g/mol. The van der Waals surface area contributed by atoms with Gasteiger partial charge in [0, 0.05) is 11.3 Å². The van der Waals surface area contributed by atoms with Crippen LogP contribution in [0.25, 0.3) is 11.0 Å². The van der Waals surface area contributed by atoms with E-state index in [1.807, 2.05) is 6.07 Å². The van der Waals surface area contributed by atoms with Crippen LogP contribution in [0.3, 0.4) is 0 Å². The lowest BCUT2D eigenvalue weighted by atomic mass is 10.1. The van der Waals surface area contributed by atoms with E-state index in [4.69, 9.17) is 11.0 Å². The third kappa shape index (κ3) is 3.35. The Labute approximate surface area is 156 Å². The summed E-state index contributed by atoms with van der Waals surface area (Å²) in [4.78, 5) is 16.5. The van der Waals surface area contributed by atoms with E-state index in [0.29, 0.717) is 27.8 Å². The first kappa shape index (κ1) is 18.4. The number of hydrogen-bond donors (Lipinski definition) is 2. The van der Waals surface area contributed by atoms with Crippen LogP contribution in [-0.4, -0.2) is 28.5 Å². The number of nitrogen functional groups attached to an aromatic ring is 1. The molecule has 0 aliphatic heterocycles. The highest BCUT2D eigenvalue weighted by Crippen LogP contribution is 2.25. The molecule has 0 aliphatic rings. The Balaban J connectivity index is 1.96. The minimum absolute atomic E-state index is 0.135. The number of carbonyl (C=O) groups excluding carboxylic acids is 1. The lowest BCUT2D eigenvalue weighted by molar-refractivity contribution is 0.102. The van der Waals surface area contributed by atoms with Crippen LogP contribution in [0.5, 0.6) is 0 Å². The van der Waals surface area contributed by atoms with Gasteiger partial charge in [-0.2, -0.15) is 5.26 Å². The van der Waals surface area contributed by atoms with Crippen LogP contribution < -0.4 is 11.1 Å². The third-order valence-electron chi connectivity index (χ3n) is 4.00. The second-order valence-electron chi connectivity index (χ2n) is 6.18. The highest BCUT2D eigenvalue weighted by atomic mass is 32.2. The van der Waals surface area contributed by atoms with Crippen LogP contribution in [-0.2, 0) is 10.0 Å². The van der Waals surface area contributed by atoms with E-state index in [-0.39, 0.29) is 5.95 Å². The third-order valence-corrected chi connectivity index (χ3v) is 6.08. The molecule has 1 amide bonds. The average molecular weight is 383 g/mol. The Hall–Kier alpha value is -3.38. The molecule has 0 aliphatic carbocycles. The number of aromatic nitrogens is 2. The summed E-state index contributed by atoms with van der Waals surface area (Å²) in [6.45, 7) is 3.12. The fourth-order valence-corrected chi connectivity index (χ4v) is 3.72. The zero-order valence-electron chi connectivity index (χ0n) is 14.7. The summed E-state index contributed by atoms with van der Waals surface area (Å²) in [5, 5.41) is 11.0. The first-order valence-electron chi connectivity index (χ1n) is 8.08. The van der Waals surface area contributed by atoms with Crippen LogP contribution >= 0.6 is 0 Å². The van der Waals surface area contributed by atoms with Crippen molar-refractivity contribution >= 4 is 38.6 Å². The maximum Gasteiger partial charge on any atom is 0.255 e. The summed E-state index contributed by atoms with van der Waals surface area (Å²) in [6, 6.07) is 12.9. The van der Waals surface area contributed by atoms with Gasteiger partial charge in [0.2, 0.25) is 16.0 Å². The van der Waals surface area contributed by atoms with Gasteiger partial charge < -0.3 is 11.1 Å². The summed E-state index contributed by atoms with van der Waals surface area (Å²) < 4.78 is 26.0. The van der Waals surface area contributed by atoms with Crippen molar-refractivity contribution in [1.29, 1.82) is 5.26 Å². The molecule has 3 N–H and O–H groups in total. The molecule has 0 spiro atoms. The number of hydrogen-bond acceptors (Lipinski definition) is 6. The Morgan fingerprint density at radius 2 is 2.00 bits per heavy atom. The maximum absolute atomic E-state index is 12.5. The molecular weight excluding hydrogens is 366 g/mol. The maximum atomic E-state index is 12.5. The zero-order chi connectivity index (χ0) is 19.8. The van der Waals surface area contributed by atoms with E-state index in [2.05, 4.69) is 10.3 Å². The van der Waals surface area contributed by atoms with Crippen molar-refractivity contribution < 1.29 is 13.2 Å². The molecule has 3 rings (SSSR count). The summed E-state index contributed by atoms with van der Waals surface area (Å²) in [5.41, 5.74) is 7.64. The van der Waals surface area contributed by atoms with Gasteiger partial charge in [0.05, 0.1) is 27.9 Å². The summed E-state index contributed by atoms with van der Waals surface area (Å²) in [5.74, 6) is -0.530. The van der Waals surface area contributed by atoms with Gasteiger partial charge in [-0.15, -0.1) is 0 Å². The Morgan fingerprint density at radius 1 is 1.26 bits per heavy atom. The Kier molecular flexibility index (Phi) is 4.59. The minimum Gasteiger partial charge on any atom is -0.368 e. The Bertz CT molecular complexity index is 1190. The number of nitriles is 1. The number of nitrogens with two attached hydrogens (primary N) is 1. The van der Waals surface area contributed by atoms with Crippen molar-refractivity contribution in [2.75, 3.05) is 11.1 Å². The molecule has 27 heavy (non-hydrogen) atoms. The van der Waals surface area contributed by atoms with Crippen LogP contribution in [0.2, 0.25) is 0 Å². The lowest BCUT2D eigenvalue weighted by Gasteiger charge is -2.11. The van der Waals surface area contributed by atoms with Gasteiger partial charge in [-0.3, -0.25) is 4.79 Å². The molecular formula is C18H17N5O3S. The number of carbonyl (C=O) groups is 1. The van der Waals surface area contributed by atoms with Crippen LogP contribution in [0.4, 0.5) is 11.6 Å². The van der Waals surface area contributed by atoms with Crippen molar-refractivity contribution in [3.8, 4) is 6.07 Å². The van der Waals surface area contributed by atoms with Crippen LogP contribution in [0.15, 0.2) is 42.5 Å².